The molecule has 28 heavy (non-hydrogen) atoms. The average molecular weight is 468 g/mol. The van der Waals surface area contributed by atoms with Crippen molar-refractivity contribution in [2.75, 3.05) is 0 Å². The summed E-state index contributed by atoms with van der Waals surface area (Å²) in [7, 11) is 0. The van der Waals surface area contributed by atoms with Gasteiger partial charge in [0.15, 0.2) is 0 Å². The van der Waals surface area contributed by atoms with E-state index >= 15 is 0 Å². The number of aliphatic hydroxyl groups excluding tert-OH is 4. The third-order valence-corrected chi connectivity index (χ3v) is 6.09. The van der Waals surface area contributed by atoms with Crippen LogP contribution in [0.1, 0.15) is 48.7 Å². The van der Waals surface area contributed by atoms with E-state index in [9.17, 15) is 20.4 Å². The zero-order valence-corrected chi connectivity index (χ0v) is 18.1. The average Bonchev–Trinajstić information content (AvgIpc) is 2.66. The molecule has 0 saturated heterocycles. The van der Waals surface area contributed by atoms with E-state index in [1.54, 1.807) is 37.3 Å². The number of hydrogen-bond donors (Lipinski definition) is 4. The van der Waals surface area contributed by atoms with Crippen molar-refractivity contribution in [2.45, 2.75) is 50.6 Å². The molecule has 4 nitrogen and oxygen atoms in total. The Morgan fingerprint density at radius 1 is 0.750 bits per heavy atom. The Labute approximate surface area is 184 Å². The molecule has 0 fully saturated rings. The number of hydrogen-bond acceptors (Lipinski definition) is 4. The van der Waals surface area contributed by atoms with E-state index < -0.39 is 24.4 Å². The third kappa shape index (κ3) is 5.32. The summed E-state index contributed by atoms with van der Waals surface area (Å²) in [5.41, 5.74) is 1.14. The fourth-order valence-corrected chi connectivity index (χ4v) is 4.25. The van der Waals surface area contributed by atoms with Crippen LogP contribution in [0.3, 0.4) is 0 Å². The van der Waals surface area contributed by atoms with Crippen LogP contribution in [0.25, 0.3) is 0 Å². The van der Waals surface area contributed by atoms with Crippen LogP contribution in [-0.2, 0) is 6.42 Å². The molecule has 2 aromatic carbocycles. The first-order chi connectivity index (χ1) is 13.2. The molecule has 0 aliphatic rings. The van der Waals surface area contributed by atoms with Crippen molar-refractivity contribution in [3.63, 3.8) is 0 Å². The predicted molar refractivity (Wildman–Crippen MR) is 113 cm³/mol. The molecule has 0 aromatic heterocycles. The van der Waals surface area contributed by atoms with Crippen molar-refractivity contribution in [3.8, 4) is 0 Å². The normalized spacial score (nSPS) is 15.9. The largest absolute Gasteiger partial charge is 0.390 e. The van der Waals surface area contributed by atoms with E-state index in [1.165, 1.54) is 0 Å². The maximum atomic E-state index is 10.4. The van der Waals surface area contributed by atoms with E-state index in [1.807, 2.05) is 0 Å². The number of aryl methyl sites for hydroxylation is 1. The van der Waals surface area contributed by atoms with Gasteiger partial charge in [-0.3, -0.25) is 0 Å². The second-order valence-corrected chi connectivity index (χ2v) is 8.14. The highest BCUT2D eigenvalue weighted by atomic mass is 35.5. The van der Waals surface area contributed by atoms with Crippen molar-refractivity contribution >= 4 is 46.4 Å². The lowest BCUT2D eigenvalue weighted by molar-refractivity contribution is 0.0135. The maximum Gasteiger partial charge on any atom is 0.108 e. The highest BCUT2D eigenvalue weighted by molar-refractivity contribution is 6.37. The summed E-state index contributed by atoms with van der Waals surface area (Å²) in [5.74, 6) is 0. The topological polar surface area (TPSA) is 80.9 Å². The molecule has 0 bridgehead atoms. The minimum atomic E-state index is -1.26. The van der Waals surface area contributed by atoms with Gasteiger partial charge in [-0.15, -0.1) is 0 Å². The maximum absolute atomic E-state index is 10.4. The number of benzene rings is 2. The van der Waals surface area contributed by atoms with Gasteiger partial charge in [0.25, 0.3) is 0 Å². The summed E-state index contributed by atoms with van der Waals surface area (Å²) in [6.07, 6.45) is -3.82. The predicted octanol–water partition coefficient (Wildman–Crippen LogP) is 5.13. The van der Waals surface area contributed by atoms with Crippen molar-refractivity contribution in [3.05, 3.63) is 67.1 Å². The molecular formula is C20H22Cl4O4. The summed E-state index contributed by atoms with van der Waals surface area (Å²) in [4.78, 5) is 0. The van der Waals surface area contributed by atoms with Crippen LogP contribution < -0.4 is 0 Å². The van der Waals surface area contributed by atoms with Crippen LogP contribution >= 0.6 is 46.4 Å². The van der Waals surface area contributed by atoms with Gasteiger partial charge in [-0.05, 0) is 43.0 Å². The number of rotatable bonds is 8. The van der Waals surface area contributed by atoms with E-state index in [0.29, 0.717) is 18.4 Å². The van der Waals surface area contributed by atoms with E-state index in [0.717, 1.165) is 0 Å². The lowest BCUT2D eigenvalue weighted by Crippen LogP contribution is -2.20. The second-order valence-electron chi connectivity index (χ2n) is 6.54. The summed E-state index contributed by atoms with van der Waals surface area (Å²) in [6, 6.07) is 8.08. The molecule has 4 N–H and O–H groups in total. The van der Waals surface area contributed by atoms with Crippen molar-refractivity contribution in [1.82, 2.24) is 0 Å². The Hall–Kier alpha value is -0.560. The Morgan fingerprint density at radius 2 is 1.29 bits per heavy atom. The first kappa shape index (κ1) is 23.7. The molecule has 0 unspecified atom stereocenters. The van der Waals surface area contributed by atoms with Crippen molar-refractivity contribution < 1.29 is 20.4 Å². The Kier molecular flexibility index (Phi) is 8.86. The summed E-state index contributed by atoms with van der Waals surface area (Å²) in [6.45, 7) is 1.73. The Balaban J connectivity index is 2.18. The van der Waals surface area contributed by atoms with Gasteiger partial charge in [0.2, 0.25) is 0 Å². The second kappa shape index (κ2) is 10.5. The Bertz CT molecular complexity index is 795. The minimum absolute atomic E-state index is 0.163. The standard InChI is InChI=1S/C20H22Cl4O4/c1-2-14(25)19(27)17-13(23)8-6-10(18(17)24)7-9-15(26)20(28)16-11(21)4-3-5-12(16)22/h3-6,8,14-15,19-20,25-28H,2,7,9H2,1H3/t14-,15+,19+,20-/m1/s1. The quantitative estimate of drug-likeness (QED) is 0.433. The van der Waals surface area contributed by atoms with Crippen LogP contribution in [-0.4, -0.2) is 32.6 Å². The Morgan fingerprint density at radius 3 is 1.86 bits per heavy atom. The highest BCUT2D eigenvalue weighted by Gasteiger charge is 2.26. The SMILES string of the molecule is CC[C@@H](O)[C@H](O)c1c(Cl)ccc(CC[C@H](O)[C@@H](O)c2c(Cl)cccc2Cl)c1Cl. The van der Waals surface area contributed by atoms with Crippen LogP contribution in [0.5, 0.6) is 0 Å². The minimum Gasteiger partial charge on any atom is -0.390 e. The third-order valence-electron chi connectivity index (χ3n) is 4.65. The van der Waals surface area contributed by atoms with Gasteiger partial charge in [0, 0.05) is 26.2 Å². The molecule has 0 heterocycles. The molecule has 8 heteroatoms. The lowest BCUT2D eigenvalue weighted by atomic mass is 9.95. The van der Waals surface area contributed by atoms with Gasteiger partial charge in [-0.25, -0.2) is 0 Å². The molecular weight excluding hydrogens is 446 g/mol. The molecule has 154 valence electrons. The van der Waals surface area contributed by atoms with E-state index in [-0.39, 0.29) is 37.6 Å². The molecule has 0 aliphatic heterocycles. The number of aliphatic hydroxyl groups is 4. The molecule has 0 radical (unpaired) electrons. The van der Waals surface area contributed by atoms with E-state index in [4.69, 9.17) is 46.4 Å². The van der Waals surface area contributed by atoms with Gasteiger partial charge < -0.3 is 20.4 Å². The fraction of sp³-hybridized carbons (Fsp3) is 0.400. The summed E-state index contributed by atoms with van der Waals surface area (Å²) < 4.78 is 0. The monoisotopic (exact) mass is 466 g/mol. The molecule has 0 aliphatic carbocycles. The zero-order valence-electron chi connectivity index (χ0n) is 15.1. The van der Waals surface area contributed by atoms with Crippen molar-refractivity contribution in [1.29, 1.82) is 0 Å². The highest BCUT2D eigenvalue weighted by Crippen LogP contribution is 2.37. The first-order valence-corrected chi connectivity index (χ1v) is 10.3. The van der Waals surface area contributed by atoms with E-state index in [2.05, 4.69) is 0 Å². The summed E-state index contributed by atoms with van der Waals surface area (Å²) in [5, 5.41) is 42.1. The molecule has 0 saturated carbocycles. The first-order valence-electron chi connectivity index (χ1n) is 8.81. The number of halogens is 4. The van der Waals surface area contributed by atoms with Crippen molar-refractivity contribution in [2.24, 2.45) is 0 Å². The molecule has 4 atom stereocenters. The van der Waals surface area contributed by atoms with Crippen LogP contribution in [0, 0.1) is 0 Å². The van der Waals surface area contributed by atoms with Gasteiger partial charge in [-0.2, -0.15) is 0 Å². The zero-order chi connectivity index (χ0) is 21.0. The summed E-state index contributed by atoms with van der Waals surface area (Å²) >= 11 is 24.7. The molecule has 0 amide bonds. The molecule has 0 spiro atoms. The van der Waals surface area contributed by atoms with Gasteiger partial charge in [-0.1, -0.05) is 65.5 Å². The van der Waals surface area contributed by atoms with Gasteiger partial charge in [0.1, 0.15) is 12.2 Å². The van der Waals surface area contributed by atoms with Gasteiger partial charge >= 0.3 is 0 Å². The molecule has 2 aromatic rings. The fourth-order valence-electron chi connectivity index (χ4n) is 2.94. The molecule has 2 rings (SSSR count). The van der Waals surface area contributed by atoms with Crippen LogP contribution in [0.15, 0.2) is 30.3 Å². The lowest BCUT2D eigenvalue weighted by Gasteiger charge is -2.22. The van der Waals surface area contributed by atoms with Gasteiger partial charge in [0.05, 0.1) is 17.2 Å². The van der Waals surface area contributed by atoms with Crippen LogP contribution in [0.2, 0.25) is 20.1 Å². The van der Waals surface area contributed by atoms with Crippen LogP contribution in [0.4, 0.5) is 0 Å². The smallest absolute Gasteiger partial charge is 0.108 e.